The highest BCUT2D eigenvalue weighted by atomic mass is 19.1. The molecule has 1 aromatic carbocycles. The molecule has 108 valence electrons. The largest absolute Gasteiger partial charge is 0.478 e. The number of benzene rings is 1. The van der Waals surface area contributed by atoms with Gasteiger partial charge in [0.1, 0.15) is 0 Å². The molecule has 1 heterocycles. The maximum absolute atomic E-state index is 13.3. The van der Waals surface area contributed by atoms with Gasteiger partial charge in [-0.3, -0.25) is 9.78 Å². The predicted octanol–water partition coefficient (Wildman–Crippen LogP) is 1.89. The van der Waals surface area contributed by atoms with E-state index in [1.165, 1.54) is 24.4 Å². The highest BCUT2D eigenvalue weighted by Gasteiger charge is 2.10. The molecule has 1 aromatic heterocycles. The summed E-state index contributed by atoms with van der Waals surface area (Å²) in [6.45, 7) is 0.326. The summed E-state index contributed by atoms with van der Waals surface area (Å²) in [5, 5.41) is 11.4. The number of nitrogens with one attached hydrogen (secondary N) is 1. The van der Waals surface area contributed by atoms with Crippen LogP contribution < -0.4 is 5.32 Å². The lowest BCUT2D eigenvalue weighted by Crippen LogP contribution is -2.26. The maximum Gasteiger partial charge on any atom is 0.335 e. The Bertz CT molecular complexity index is 656. The van der Waals surface area contributed by atoms with Crippen molar-refractivity contribution in [3.8, 4) is 0 Å². The van der Waals surface area contributed by atoms with E-state index in [1.54, 1.807) is 12.1 Å². The molecule has 0 saturated carbocycles. The Balaban J connectivity index is 1.88. The van der Waals surface area contributed by atoms with Crippen LogP contribution in [0.25, 0.3) is 0 Å². The topological polar surface area (TPSA) is 79.3 Å². The number of pyridine rings is 1. The average molecular weight is 288 g/mol. The summed E-state index contributed by atoms with van der Waals surface area (Å²) in [6, 6.07) is 7.68. The van der Waals surface area contributed by atoms with Crippen LogP contribution in [0.4, 0.5) is 4.39 Å². The van der Waals surface area contributed by atoms with Crippen molar-refractivity contribution in [2.24, 2.45) is 0 Å². The first-order valence-corrected chi connectivity index (χ1v) is 6.28. The zero-order valence-corrected chi connectivity index (χ0v) is 11.0. The van der Waals surface area contributed by atoms with E-state index in [0.717, 1.165) is 11.8 Å². The summed E-state index contributed by atoms with van der Waals surface area (Å²) in [7, 11) is 0. The average Bonchev–Trinajstić information content (AvgIpc) is 2.48. The van der Waals surface area contributed by atoms with Gasteiger partial charge in [-0.05, 0) is 30.2 Å². The second kappa shape index (κ2) is 6.60. The van der Waals surface area contributed by atoms with E-state index in [2.05, 4.69) is 10.3 Å². The van der Waals surface area contributed by atoms with Crippen LogP contribution in [0.3, 0.4) is 0 Å². The quantitative estimate of drug-likeness (QED) is 0.880. The second-order valence-electron chi connectivity index (χ2n) is 4.36. The van der Waals surface area contributed by atoms with Crippen molar-refractivity contribution in [1.82, 2.24) is 10.3 Å². The van der Waals surface area contributed by atoms with E-state index in [1.807, 2.05) is 0 Å². The van der Waals surface area contributed by atoms with Crippen molar-refractivity contribution >= 4 is 11.9 Å². The third-order valence-corrected chi connectivity index (χ3v) is 2.92. The number of aromatic carboxylic acids is 1. The van der Waals surface area contributed by atoms with Crippen LogP contribution in [-0.2, 0) is 6.42 Å². The fourth-order valence-electron chi connectivity index (χ4n) is 1.79. The Hall–Kier alpha value is -2.76. The van der Waals surface area contributed by atoms with Gasteiger partial charge in [-0.15, -0.1) is 0 Å². The van der Waals surface area contributed by atoms with Crippen LogP contribution in [0.5, 0.6) is 0 Å². The summed E-state index contributed by atoms with van der Waals surface area (Å²) in [5.74, 6) is -2.15. The number of carboxylic acid groups (broad SMARTS) is 1. The molecule has 0 saturated heterocycles. The minimum absolute atomic E-state index is 0.0498. The summed E-state index contributed by atoms with van der Waals surface area (Å²) < 4.78 is 13.3. The fraction of sp³-hybridized carbons (Fsp3) is 0.133. The predicted molar refractivity (Wildman–Crippen MR) is 73.6 cm³/mol. The lowest BCUT2D eigenvalue weighted by molar-refractivity contribution is 0.0696. The smallest absolute Gasteiger partial charge is 0.335 e. The molecule has 0 unspecified atom stereocenters. The molecule has 21 heavy (non-hydrogen) atoms. The second-order valence-corrected chi connectivity index (χ2v) is 4.36. The summed E-state index contributed by atoms with van der Waals surface area (Å²) in [6.07, 6.45) is 2.86. The number of hydrogen-bond donors (Lipinski definition) is 2. The van der Waals surface area contributed by atoms with Gasteiger partial charge in [-0.2, -0.15) is 0 Å². The molecule has 2 aromatic rings. The Kier molecular flexibility index (Phi) is 4.61. The molecule has 6 heteroatoms. The molecule has 2 rings (SSSR count). The van der Waals surface area contributed by atoms with E-state index in [-0.39, 0.29) is 11.1 Å². The van der Waals surface area contributed by atoms with E-state index in [0.29, 0.717) is 13.0 Å². The Labute approximate surface area is 120 Å². The molecule has 0 bridgehead atoms. The number of hydrogen-bond acceptors (Lipinski definition) is 3. The molecule has 0 atom stereocenters. The summed E-state index contributed by atoms with van der Waals surface area (Å²) in [4.78, 5) is 26.0. The van der Waals surface area contributed by atoms with Gasteiger partial charge < -0.3 is 10.4 Å². The van der Waals surface area contributed by atoms with Gasteiger partial charge in [0.15, 0.2) is 5.82 Å². The standard InChI is InChI=1S/C15H13FN2O3/c16-13-9-17-7-6-12(13)14(19)18-8-5-10-1-3-11(4-2-10)15(20)21/h1-4,6-7,9H,5,8H2,(H,18,19)(H,20,21). The molecular weight excluding hydrogens is 275 g/mol. The Morgan fingerprint density at radius 3 is 2.52 bits per heavy atom. The monoisotopic (exact) mass is 288 g/mol. The van der Waals surface area contributed by atoms with E-state index >= 15 is 0 Å². The molecular formula is C15H13FN2O3. The molecule has 1 amide bonds. The number of carboxylic acids is 1. The van der Waals surface area contributed by atoms with E-state index in [4.69, 9.17) is 5.11 Å². The number of carbonyl (C=O) groups is 2. The lowest BCUT2D eigenvalue weighted by atomic mass is 10.1. The van der Waals surface area contributed by atoms with Crippen LogP contribution in [-0.4, -0.2) is 28.5 Å². The van der Waals surface area contributed by atoms with Gasteiger partial charge in [-0.1, -0.05) is 12.1 Å². The zero-order valence-electron chi connectivity index (χ0n) is 11.0. The first kappa shape index (κ1) is 14.6. The third kappa shape index (κ3) is 3.85. The Morgan fingerprint density at radius 1 is 1.19 bits per heavy atom. The summed E-state index contributed by atoms with van der Waals surface area (Å²) in [5.41, 5.74) is 1.04. The van der Waals surface area contributed by atoms with Gasteiger partial charge in [0.2, 0.25) is 0 Å². The van der Waals surface area contributed by atoms with Crippen molar-refractivity contribution in [3.05, 3.63) is 65.2 Å². The number of nitrogens with zero attached hydrogens (tertiary/aromatic N) is 1. The molecule has 0 aliphatic heterocycles. The lowest BCUT2D eigenvalue weighted by Gasteiger charge is -2.06. The number of aromatic nitrogens is 1. The fourth-order valence-corrected chi connectivity index (χ4v) is 1.79. The first-order chi connectivity index (χ1) is 10.1. The third-order valence-electron chi connectivity index (χ3n) is 2.92. The van der Waals surface area contributed by atoms with Crippen LogP contribution in [0.2, 0.25) is 0 Å². The maximum atomic E-state index is 13.3. The number of halogens is 1. The van der Waals surface area contributed by atoms with E-state index < -0.39 is 17.7 Å². The van der Waals surface area contributed by atoms with Gasteiger partial charge in [0, 0.05) is 12.7 Å². The van der Waals surface area contributed by atoms with Crippen molar-refractivity contribution < 1.29 is 19.1 Å². The number of amides is 1. The molecule has 0 aliphatic carbocycles. The van der Waals surface area contributed by atoms with Crippen LogP contribution in [0.15, 0.2) is 42.7 Å². The van der Waals surface area contributed by atoms with Crippen molar-refractivity contribution in [1.29, 1.82) is 0 Å². The van der Waals surface area contributed by atoms with Crippen LogP contribution in [0, 0.1) is 5.82 Å². The van der Waals surface area contributed by atoms with Gasteiger partial charge in [0.25, 0.3) is 5.91 Å². The van der Waals surface area contributed by atoms with Gasteiger partial charge >= 0.3 is 5.97 Å². The summed E-state index contributed by atoms with van der Waals surface area (Å²) >= 11 is 0. The zero-order chi connectivity index (χ0) is 15.2. The minimum Gasteiger partial charge on any atom is -0.478 e. The van der Waals surface area contributed by atoms with E-state index in [9.17, 15) is 14.0 Å². The Morgan fingerprint density at radius 2 is 1.90 bits per heavy atom. The molecule has 2 N–H and O–H groups in total. The molecule has 5 nitrogen and oxygen atoms in total. The van der Waals surface area contributed by atoms with Crippen LogP contribution in [0.1, 0.15) is 26.3 Å². The van der Waals surface area contributed by atoms with Crippen molar-refractivity contribution in [3.63, 3.8) is 0 Å². The molecule has 0 aliphatic rings. The van der Waals surface area contributed by atoms with Crippen molar-refractivity contribution in [2.45, 2.75) is 6.42 Å². The van der Waals surface area contributed by atoms with Gasteiger partial charge in [0.05, 0.1) is 17.3 Å². The minimum atomic E-state index is -0.983. The normalized spacial score (nSPS) is 10.1. The number of carbonyl (C=O) groups excluding carboxylic acids is 1. The highest BCUT2D eigenvalue weighted by Crippen LogP contribution is 2.06. The highest BCUT2D eigenvalue weighted by molar-refractivity contribution is 5.94. The van der Waals surface area contributed by atoms with Gasteiger partial charge in [-0.25, -0.2) is 9.18 Å². The SMILES string of the molecule is O=C(O)c1ccc(CCNC(=O)c2ccncc2F)cc1. The molecule has 0 spiro atoms. The molecule has 0 radical (unpaired) electrons. The van der Waals surface area contributed by atoms with Crippen LogP contribution >= 0.6 is 0 Å². The number of rotatable bonds is 5. The molecule has 0 fully saturated rings. The van der Waals surface area contributed by atoms with Crippen molar-refractivity contribution in [2.75, 3.05) is 6.54 Å². The first-order valence-electron chi connectivity index (χ1n) is 6.28.